The summed E-state index contributed by atoms with van der Waals surface area (Å²) in [6, 6.07) is 0.231. The van der Waals surface area contributed by atoms with E-state index in [9.17, 15) is 8.78 Å². The fourth-order valence-electron chi connectivity index (χ4n) is 1.49. The number of likely N-dealkylation sites (N-methyl/N-ethyl adjacent to an activating group) is 2. The molecule has 86 valence electrons. The standard InChI is InChI=1S/C10H22F2N2/c1-4-6-9(7-13-5-2)14(3)8-10(11)12/h9-10,13H,4-8H2,1-3H3. The highest BCUT2D eigenvalue weighted by molar-refractivity contribution is 4.71. The third kappa shape index (κ3) is 6.27. The molecule has 0 aromatic heterocycles. The topological polar surface area (TPSA) is 15.3 Å². The van der Waals surface area contributed by atoms with E-state index in [0.717, 1.165) is 25.9 Å². The monoisotopic (exact) mass is 208 g/mol. The second-order valence-corrected chi connectivity index (χ2v) is 3.58. The summed E-state index contributed by atoms with van der Waals surface area (Å²) in [6.07, 6.45) is -0.235. The van der Waals surface area contributed by atoms with Crippen molar-refractivity contribution < 1.29 is 8.78 Å². The molecule has 0 heterocycles. The zero-order valence-corrected chi connectivity index (χ0v) is 9.39. The predicted octanol–water partition coefficient (Wildman–Crippen LogP) is 1.96. The second kappa shape index (κ2) is 8.12. The van der Waals surface area contributed by atoms with E-state index in [0.29, 0.717) is 0 Å². The van der Waals surface area contributed by atoms with Crippen molar-refractivity contribution in [1.82, 2.24) is 10.2 Å². The lowest BCUT2D eigenvalue weighted by Crippen LogP contribution is -2.42. The molecular formula is C10H22F2N2. The van der Waals surface area contributed by atoms with Gasteiger partial charge in [0.15, 0.2) is 0 Å². The highest BCUT2D eigenvalue weighted by atomic mass is 19.3. The minimum absolute atomic E-state index is 0.129. The molecule has 0 aromatic carbocycles. The Morgan fingerprint density at radius 2 is 1.93 bits per heavy atom. The van der Waals surface area contributed by atoms with Crippen LogP contribution in [0.15, 0.2) is 0 Å². The smallest absolute Gasteiger partial charge is 0.251 e. The molecule has 0 aliphatic heterocycles. The Morgan fingerprint density at radius 3 is 2.36 bits per heavy atom. The molecule has 2 nitrogen and oxygen atoms in total. The van der Waals surface area contributed by atoms with Crippen LogP contribution in [0.5, 0.6) is 0 Å². The highest BCUT2D eigenvalue weighted by Crippen LogP contribution is 2.06. The van der Waals surface area contributed by atoms with Gasteiger partial charge in [-0.2, -0.15) is 0 Å². The van der Waals surface area contributed by atoms with Crippen LogP contribution in [-0.2, 0) is 0 Å². The molecule has 0 aliphatic carbocycles. The van der Waals surface area contributed by atoms with Gasteiger partial charge >= 0.3 is 0 Å². The summed E-state index contributed by atoms with van der Waals surface area (Å²) in [6.45, 7) is 5.66. The molecule has 0 saturated carbocycles. The molecule has 0 radical (unpaired) electrons. The van der Waals surface area contributed by atoms with Crippen molar-refractivity contribution >= 4 is 0 Å². The zero-order valence-electron chi connectivity index (χ0n) is 9.39. The fourth-order valence-corrected chi connectivity index (χ4v) is 1.49. The first-order chi connectivity index (χ1) is 6.61. The van der Waals surface area contributed by atoms with E-state index >= 15 is 0 Å². The third-order valence-electron chi connectivity index (χ3n) is 2.30. The Hall–Kier alpha value is -0.220. The molecule has 0 saturated heterocycles. The molecule has 0 bridgehead atoms. The molecule has 1 atom stereocenters. The predicted molar refractivity (Wildman–Crippen MR) is 55.9 cm³/mol. The number of nitrogens with zero attached hydrogens (tertiary/aromatic N) is 1. The summed E-state index contributed by atoms with van der Waals surface area (Å²) < 4.78 is 24.3. The molecule has 14 heavy (non-hydrogen) atoms. The van der Waals surface area contributed by atoms with Crippen LogP contribution >= 0.6 is 0 Å². The minimum atomic E-state index is -2.24. The first kappa shape index (κ1) is 13.8. The summed E-state index contributed by atoms with van der Waals surface area (Å²) in [4.78, 5) is 1.75. The average Bonchev–Trinajstić information content (AvgIpc) is 2.10. The number of nitrogens with one attached hydrogen (secondary N) is 1. The Balaban J connectivity index is 3.89. The van der Waals surface area contributed by atoms with E-state index in [4.69, 9.17) is 0 Å². The number of halogens is 2. The molecule has 0 aromatic rings. The second-order valence-electron chi connectivity index (χ2n) is 3.58. The average molecular weight is 208 g/mol. The van der Waals surface area contributed by atoms with Crippen LogP contribution in [0.1, 0.15) is 26.7 Å². The van der Waals surface area contributed by atoms with E-state index in [2.05, 4.69) is 12.2 Å². The summed E-state index contributed by atoms with van der Waals surface area (Å²) in [5.74, 6) is 0. The van der Waals surface area contributed by atoms with Crippen molar-refractivity contribution in [2.75, 3.05) is 26.7 Å². The molecule has 0 aliphatic rings. The molecule has 1 N–H and O–H groups in total. The number of hydrogen-bond acceptors (Lipinski definition) is 2. The van der Waals surface area contributed by atoms with Crippen LogP contribution < -0.4 is 5.32 Å². The number of hydrogen-bond donors (Lipinski definition) is 1. The van der Waals surface area contributed by atoms with E-state index in [1.165, 1.54) is 0 Å². The molecule has 0 spiro atoms. The van der Waals surface area contributed by atoms with Gasteiger partial charge in [-0.3, -0.25) is 4.90 Å². The molecule has 1 unspecified atom stereocenters. The maximum atomic E-state index is 12.1. The summed E-state index contributed by atoms with van der Waals surface area (Å²) in [7, 11) is 1.77. The van der Waals surface area contributed by atoms with Crippen molar-refractivity contribution in [3.8, 4) is 0 Å². The summed E-state index contributed by atoms with van der Waals surface area (Å²) >= 11 is 0. The van der Waals surface area contributed by atoms with Crippen LogP contribution in [0.2, 0.25) is 0 Å². The van der Waals surface area contributed by atoms with Crippen LogP contribution in [0.4, 0.5) is 8.78 Å². The van der Waals surface area contributed by atoms with Gasteiger partial charge in [0.1, 0.15) is 0 Å². The van der Waals surface area contributed by atoms with Gasteiger partial charge < -0.3 is 5.32 Å². The molecule has 0 rings (SSSR count). The van der Waals surface area contributed by atoms with Crippen molar-refractivity contribution in [3.05, 3.63) is 0 Å². The lowest BCUT2D eigenvalue weighted by Gasteiger charge is -2.27. The Labute approximate surface area is 85.7 Å². The van der Waals surface area contributed by atoms with Crippen LogP contribution in [-0.4, -0.2) is 44.0 Å². The van der Waals surface area contributed by atoms with Crippen LogP contribution in [0.25, 0.3) is 0 Å². The van der Waals surface area contributed by atoms with Crippen molar-refractivity contribution in [3.63, 3.8) is 0 Å². The fraction of sp³-hybridized carbons (Fsp3) is 1.00. The number of alkyl halides is 2. The van der Waals surface area contributed by atoms with E-state index < -0.39 is 6.43 Å². The third-order valence-corrected chi connectivity index (χ3v) is 2.30. The lowest BCUT2D eigenvalue weighted by atomic mass is 10.1. The van der Waals surface area contributed by atoms with E-state index in [1.807, 2.05) is 6.92 Å². The van der Waals surface area contributed by atoms with Crippen molar-refractivity contribution in [2.45, 2.75) is 39.2 Å². The van der Waals surface area contributed by atoms with Crippen LogP contribution in [0.3, 0.4) is 0 Å². The summed E-state index contributed by atoms with van der Waals surface area (Å²) in [5, 5.41) is 3.20. The largest absolute Gasteiger partial charge is 0.315 e. The minimum Gasteiger partial charge on any atom is -0.315 e. The molecule has 0 fully saturated rings. The van der Waals surface area contributed by atoms with E-state index in [-0.39, 0.29) is 12.6 Å². The van der Waals surface area contributed by atoms with Gasteiger partial charge in [0.25, 0.3) is 6.43 Å². The van der Waals surface area contributed by atoms with Gasteiger partial charge in [-0.15, -0.1) is 0 Å². The summed E-state index contributed by atoms with van der Waals surface area (Å²) in [5.41, 5.74) is 0. The maximum Gasteiger partial charge on any atom is 0.251 e. The Bertz CT molecular complexity index is 131. The van der Waals surface area contributed by atoms with Gasteiger partial charge in [0, 0.05) is 12.6 Å². The van der Waals surface area contributed by atoms with Crippen LogP contribution in [0, 0.1) is 0 Å². The number of rotatable bonds is 8. The van der Waals surface area contributed by atoms with Gasteiger partial charge in [-0.1, -0.05) is 20.3 Å². The van der Waals surface area contributed by atoms with Gasteiger partial charge in [0.2, 0.25) is 0 Å². The zero-order chi connectivity index (χ0) is 11.0. The Kier molecular flexibility index (Phi) is 7.99. The highest BCUT2D eigenvalue weighted by Gasteiger charge is 2.16. The molecule has 0 amide bonds. The SMILES string of the molecule is CCCC(CNCC)N(C)CC(F)F. The maximum absolute atomic E-state index is 12.1. The quantitative estimate of drug-likeness (QED) is 0.656. The van der Waals surface area contributed by atoms with Gasteiger partial charge in [0.05, 0.1) is 6.54 Å². The van der Waals surface area contributed by atoms with E-state index in [1.54, 1.807) is 11.9 Å². The normalized spacial score (nSPS) is 13.9. The first-order valence-electron chi connectivity index (χ1n) is 5.30. The first-order valence-corrected chi connectivity index (χ1v) is 5.30. The molecule has 4 heteroatoms. The molecular weight excluding hydrogens is 186 g/mol. The lowest BCUT2D eigenvalue weighted by molar-refractivity contribution is 0.0781. The van der Waals surface area contributed by atoms with Gasteiger partial charge in [-0.25, -0.2) is 8.78 Å². The van der Waals surface area contributed by atoms with Crippen molar-refractivity contribution in [1.29, 1.82) is 0 Å². The van der Waals surface area contributed by atoms with Gasteiger partial charge in [-0.05, 0) is 20.0 Å². The van der Waals surface area contributed by atoms with Crippen molar-refractivity contribution in [2.24, 2.45) is 0 Å². The Morgan fingerprint density at radius 1 is 1.29 bits per heavy atom.